The van der Waals surface area contributed by atoms with Crippen molar-refractivity contribution < 1.29 is 81.2 Å². The molecule has 0 spiro atoms. The van der Waals surface area contributed by atoms with Gasteiger partial charge in [-0.15, -0.1) is 0 Å². The molecule has 306 valence electrons. The van der Waals surface area contributed by atoms with Crippen LogP contribution in [0.5, 0.6) is 0 Å². The predicted octanol–water partition coefficient (Wildman–Crippen LogP) is -0.387. The molecule has 0 aliphatic carbocycles. The van der Waals surface area contributed by atoms with Gasteiger partial charge in [0, 0.05) is 81.5 Å². The average Bonchev–Trinajstić information content (AvgIpc) is 3.08. The van der Waals surface area contributed by atoms with Crippen molar-refractivity contribution in [1.29, 1.82) is 0 Å². The monoisotopic (exact) mass is 810 g/mol. The minimum atomic E-state index is -1.05. The number of carbonyl (C=O) groups is 7. The molecule has 0 bridgehead atoms. The van der Waals surface area contributed by atoms with Crippen LogP contribution in [0.4, 0.5) is 0 Å². The van der Waals surface area contributed by atoms with Crippen LogP contribution in [0.3, 0.4) is 0 Å². The first kappa shape index (κ1) is 49.8. The maximum atomic E-state index is 12.5. The van der Waals surface area contributed by atoms with Gasteiger partial charge in [0.1, 0.15) is 18.1 Å². The largest absolute Gasteiger partial charge is 0.464 e. The Bertz CT molecular complexity index is 1360. The summed E-state index contributed by atoms with van der Waals surface area (Å²) in [7, 11) is 0. The van der Waals surface area contributed by atoms with E-state index in [9.17, 15) is 49.2 Å². The van der Waals surface area contributed by atoms with Crippen LogP contribution in [-0.2, 0) is 55.4 Å². The molecule has 0 saturated carbocycles. The van der Waals surface area contributed by atoms with E-state index in [0.29, 0.717) is 32.8 Å². The molecule has 6 amide bonds. The van der Waals surface area contributed by atoms with Crippen LogP contribution in [0, 0.1) is 0 Å². The van der Waals surface area contributed by atoms with E-state index in [2.05, 4.69) is 16.0 Å². The second-order valence-corrected chi connectivity index (χ2v) is 12.5. The van der Waals surface area contributed by atoms with E-state index in [1.165, 1.54) is 25.2 Å². The van der Waals surface area contributed by atoms with Crippen molar-refractivity contribution in [3.63, 3.8) is 0 Å². The summed E-state index contributed by atoms with van der Waals surface area (Å²) in [6, 6.07) is -2.80. The van der Waals surface area contributed by atoms with Crippen LogP contribution in [0.2, 0.25) is 0 Å². The van der Waals surface area contributed by atoms with Crippen LogP contribution in [0.15, 0.2) is 35.5 Å². The van der Waals surface area contributed by atoms with Crippen molar-refractivity contribution in [2.24, 2.45) is 0 Å². The molecule has 1 heterocycles. The summed E-state index contributed by atoms with van der Waals surface area (Å²) in [5.74, 6) is -4.28. The molecule has 1 rings (SSSR count). The molecule has 20 heteroatoms. The molecular weight excluding hydrogens is 756 g/mol. The van der Waals surface area contributed by atoms with Gasteiger partial charge >= 0.3 is 5.97 Å². The Morgan fingerprint density at radius 3 is 1.65 bits per heavy atom. The van der Waals surface area contributed by atoms with Crippen LogP contribution in [0.1, 0.15) is 78.6 Å². The third-order valence-electron chi connectivity index (χ3n) is 7.82. The van der Waals surface area contributed by atoms with E-state index in [1.807, 2.05) is 0 Å². The minimum Gasteiger partial charge on any atom is -0.464 e. The number of nitrogens with one attached hydrogen (secondary N) is 3. The van der Waals surface area contributed by atoms with E-state index in [4.69, 9.17) is 14.9 Å². The zero-order valence-corrected chi connectivity index (χ0v) is 31.9. The number of carbonyl (C=O) groups excluding carboxylic acids is 7. The number of rotatable bonds is 24. The molecule has 19 nitrogen and oxygen atoms in total. The first-order chi connectivity index (χ1) is 25.1. The first-order valence-electron chi connectivity index (χ1n) is 17.4. The van der Waals surface area contributed by atoms with E-state index in [0.717, 1.165) is 6.08 Å². The van der Waals surface area contributed by atoms with Gasteiger partial charge in [-0.2, -0.15) is 0 Å². The molecule has 1 saturated heterocycles. The molecule has 0 unspecified atom stereocenters. The van der Waals surface area contributed by atoms with Crippen LogP contribution >= 0.6 is 0 Å². The number of amides is 6. The standard InChI is InChI=1S/C34H54N6O13.Fe/c1-23(13-18-41)21-30(45)39(51)16-7-10-27-33(48)36-26(32(47)37-27)9-6-15-38(50)29(44)12-4-5-20-53-34(49)28(35-25(3)43)11-8-17-40(52)31(46)22-24(2)14-19-42;/h4,12,21-22,26-28,41-42,50-52H,5-11,13-20H2,1-3H3,(H,35,43)(H,36,48)(H,37,47);/b12-4?,23-21+,24-22+;/t26-,27-,28+;/m1./s1. The molecule has 3 atom stereocenters. The molecular formula is C34H54FeN6O13. The molecule has 1 aliphatic heterocycles. The zero-order chi connectivity index (χ0) is 39.9. The summed E-state index contributed by atoms with van der Waals surface area (Å²) in [4.78, 5) is 85.4. The fourth-order valence-corrected chi connectivity index (χ4v) is 4.91. The van der Waals surface area contributed by atoms with Crippen LogP contribution < -0.4 is 16.0 Å². The molecule has 1 fully saturated rings. The molecule has 0 aromatic rings. The van der Waals surface area contributed by atoms with Gasteiger partial charge in [-0.05, 0) is 65.2 Å². The van der Waals surface area contributed by atoms with E-state index in [-0.39, 0.29) is 108 Å². The van der Waals surface area contributed by atoms with Crippen molar-refractivity contribution in [3.8, 4) is 0 Å². The summed E-state index contributed by atoms with van der Waals surface area (Å²) in [6.07, 6.45) is 6.35. The SMILES string of the molecule is CC(=O)N[C@@H](CCCN(O)C(=O)/C=C(\C)CCO)C(=O)OCCC=CC(=O)N(O)CCC[C@H]1NC(=O)[C@@H](CCCN(O)C(=O)/C=C(\C)CCO)NC1=O.[Fe]. The van der Waals surface area contributed by atoms with Gasteiger partial charge in [-0.3, -0.25) is 44.4 Å². The topological polar surface area (TPSA) is 276 Å². The van der Waals surface area contributed by atoms with Gasteiger partial charge in [0.2, 0.25) is 17.7 Å². The molecule has 0 radical (unpaired) electrons. The van der Waals surface area contributed by atoms with E-state index < -0.39 is 59.5 Å². The predicted molar refractivity (Wildman–Crippen MR) is 185 cm³/mol. The summed E-state index contributed by atoms with van der Waals surface area (Å²) in [6.45, 7) is 3.71. The van der Waals surface area contributed by atoms with Gasteiger partial charge in [0.15, 0.2) is 0 Å². The van der Waals surface area contributed by atoms with Crippen molar-refractivity contribution in [1.82, 2.24) is 31.1 Å². The smallest absolute Gasteiger partial charge is 0.328 e. The third kappa shape index (κ3) is 20.3. The fraction of sp³-hybridized carbons (Fsp3) is 0.618. The Balaban J connectivity index is 0.0000281. The normalized spacial score (nSPS) is 16.4. The third-order valence-corrected chi connectivity index (χ3v) is 7.82. The Labute approximate surface area is 324 Å². The van der Waals surface area contributed by atoms with Crippen LogP contribution in [0.25, 0.3) is 0 Å². The Morgan fingerprint density at radius 1 is 0.759 bits per heavy atom. The minimum absolute atomic E-state index is 0. The van der Waals surface area contributed by atoms with E-state index in [1.54, 1.807) is 13.8 Å². The summed E-state index contributed by atoms with van der Waals surface area (Å²) < 4.78 is 5.17. The maximum Gasteiger partial charge on any atom is 0.328 e. The van der Waals surface area contributed by atoms with Gasteiger partial charge in [-0.25, -0.2) is 20.0 Å². The summed E-state index contributed by atoms with van der Waals surface area (Å²) >= 11 is 0. The number of nitrogens with zero attached hydrogens (tertiary/aromatic N) is 3. The number of esters is 1. The summed E-state index contributed by atoms with van der Waals surface area (Å²) in [5.41, 5.74) is 1.17. The Morgan fingerprint density at radius 2 is 1.20 bits per heavy atom. The zero-order valence-electron chi connectivity index (χ0n) is 30.8. The number of hydrogen-bond acceptors (Lipinski definition) is 13. The van der Waals surface area contributed by atoms with Crippen LogP contribution in [-0.4, -0.2) is 140 Å². The van der Waals surface area contributed by atoms with Crippen molar-refractivity contribution >= 4 is 41.4 Å². The Kier molecular flexibility index (Phi) is 25.3. The molecule has 0 aromatic carbocycles. The van der Waals surface area contributed by atoms with Gasteiger partial charge in [-0.1, -0.05) is 17.2 Å². The second kappa shape index (κ2) is 27.4. The fourth-order valence-electron chi connectivity index (χ4n) is 4.91. The molecule has 8 N–H and O–H groups in total. The summed E-state index contributed by atoms with van der Waals surface area (Å²) in [5, 5.41) is 56.8. The number of piperazine rings is 1. The van der Waals surface area contributed by atoms with Gasteiger partial charge in [0.25, 0.3) is 17.7 Å². The molecule has 54 heavy (non-hydrogen) atoms. The van der Waals surface area contributed by atoms with Gasteiger partial charge < -0.3 is 30.9 Å². The van der Waals surface area contributed by atoms with Crippen molar-refractivity contribution in [3.05, 3.63) is 35.5 Å². The molecule has 0 aromatic heterocycles. The average molecular weight is 811 g/mol. The molecule has 1 aliphatic rings. The second-order valence-electron chi connectivity index (χ2n) is 12.5. The Hall–Kier alpha value is -4.17. The number of ether oxygens (including phenoxy) is 1. The van der Waals surface area contributed by atoms with E-state index >= 15 is 0 Å². The number of hydroxylamine groups is 6. The quantitative estimate of drug-likeness (QED) is 0.0154. The number of hydrogen-bond donors (Lipinski definition) is 8. The van der Waals surface area contributed by atoms with Crippen molar-refractivity contribution in [2.75, 3.05) is 39.5 Å². The van der Waals surface area contributed by atoms with Gasteiger partial charge in [0.05, 0.1) is 6.61 Å². The maximum absolute atomic E-state index is 12.5. The number of aliphatic hydroxyl groups is 2. The first-order valence-corrected chi connectivity index (χ1v) is 17.4. The number of aliphatic hydroxyl groups excluding tert-OH is 2. The van der Waals surface area contributed by atoms with Crippen molar-refractivity contribution in [2.45, 2.75) is 96.7 Å².